The van der Waals surface area contributed by atoms with Crippen molar-refractivity contribution in [3.05, 3.63) is 84.5 Å². The SMILES string of the molecule is C=CCOC(=O)/C=C/CC[C@@H](OC)[C@H](OC(=O)Nc1ccc(F)cc1F)c1ccc(OCCO[Si](CCC(F)(F)C(F)(F)C(F)(F)C(F)(F)C(F)(F)C(F)(F)C(F)(F)C(F)(F)F)(C(C)C)C(C)C)cc1. The van der Waals surface area contributed by atoms with Crippen LogP contribution >= 0.6 is 0 Å². The molecule has 0 bridgehead atoms. The lowest BCUT2D eigenvalue weighted by Crippen LogP contribution is -2.74. The van der Waals surface area contributed by atoms with E-state index >= 15 is 8.78 Å². The highest BCUT2D eigenvalue weighted by molar-refractivity contribution is 6.76. The van der Waals surface area contributed by atoms with E-state index in [1.165, 1.54) is 71.2 Å². The largest absolute Gasteiger partial charge is 0.491 e. The molecular weight excluding hydrogens is 1020 g/mol. The van der Waals surface area contributed by atoms with E-state index in [1.54, 1.807) is 0 Å². The van der Waals surface area contributed by atoms with E-state index in [0.29, 0.717) is 6.07 Å². The fraction of sp³-hybridized carbons (Fsp3) is 0.571. The molecule has 0 saturated heterocycles. The van der Waals surface area contributed by atoms with E-state index in [-0.39, 0.29) is 30.8 Å². The van der Waals surface area contributed by atoms with Crippen molar-refractivity contribution < 1.29 is 116 Å². The molecule has 0 saturated carbocycles. The Morgan fingerprint density at radius 1 is 0.729 bits per heavy atom. The molecule has 0 unspecified atom stereocenters. The van der Waals surface area contributed by atoms with Crippen LogP contribution < -0.4 is 10.1 Å². The van der Waals surface area contributed by atoms with Crippen molar-refractivity contribution in [3.8, 4) is 5.75 Å². The Hall–Kier alpha value is -4.73. The lowest BCUT2D eigenvalue weighted by atomic mass is 9.88. The lowest BCUT2D eigenvalue weighted by molar-refractivity contribution is -0.461. The van der Waals surface area contributed by atoms with Crippen molar-refractivity contribution in [1.29, 1.82) is 0 Å². The fourth-order valence-electron chi connectivity index (χ4n) is 6.73. The zero-order chi connectivity index (χ0) is 54.1. The van der Waals surface area contributed by atoms with E-state index in [0.717, 1.165) is 18.2 Å². The first-order valence-electron chi connectivity index (χ1n) is 20.3. The number of hydrogen-bond donors (Lipinski definition) is 1. The molecule has 0 radical (unpaired) electrons. The third-order valence-electron chi connectivity index (χ3n) is 10.8. The van der Waals surface area contributed by atoms with Crippen LogP contribution in [0.15, 0.2) is 67.3 Å². The highest BCUT2D eigenvalue weighted by Crippen LogP contribution is 2.64. The van der Waals surface area contributed by atoms with Crippen molar-refractivity contribution >= 4 is 26.1 Å². The Morgan fingerprint density at radius 3 is 1.74 bits per heavy atom. The predicted octanol–water partition coefficient (Wildman–Crippen LogP) is 13.9. The highest BCUT2D eigenvalue weighted by atomic mass is 28.4. The third-order valence-corrected chi connectivity index (χ3v) is 16.4. The number of methoxy groups -OCH3 is 1. The number of rotatable bonds is 27. The topological polar surface area (TPSA) is 92.3 Å². The average Bonchev–Trinajstić information content (AvgIpc) is 3.25. The van der Waals surface area contributed by atoms with Crippen LogP contribution in [-0.2, 0) is 23.4 Å². The Labute approximate surface area is 388 Å². The number of hydrogen-bond acceptors (Lipinski definition) is 7. The molecule has 0 aliphatic rings. The smallest absolute Gasteiger partial charge is 0.460 e. The lowest BCUT2D eigenvalue weighted by Gasteiger charge is -2.44. The second-order valence-corrected chi connectivity index (χ2v) is 20.9. The van der Waals surface area contributed by atoms with Crippen molar-refractivity contribution in [3.63, 3.8) is 0 Å². The zero-order valence-corrected chi connectivity index (χ0v) is 38.3. The maximum Gasteiger partial charge on any atom is 0.460 e. The van der Waals surface area contributed by atoms with Gasteiger partial charge in [-0.05, 0) is 59.8 Å². The van der Waals surface area contributed by atoms with Gasteiger partial charge >= 0.3 is 59.7 Å². The molecule has 2 aromatic rings. The molecule has 0 aromatic heterocycles. The van der Waals surface area contributed by atoms with E-state index in [9.17, 15) is 84.2 Å². The first kappa shape index (κ1) is 61.4. The van der Waals surface area contributed by atoms with Gasteiger partial charge in [0.05, 0.1) is 18.4 Å². The molecule has 28 heteroatoms. The molecule has 70 heavy (non-hydrogen) atoms. The number of halogens is 19. The normalized spacial score (nSPS) is 14.8. The van der Waals surface area contributed by atoms with Crippen LogP contribution in [0.5, 0.6) is 5.75 Å². The first-order chi connectivity index (χ1) is 31.9. The highest BCUT2D eigenvalue weighted by Gasteiger charge is 2.95. The van der Waals surface area contributed by atoms with Gasteiger partial charge in [-0.3, -0.25) is 5.32 Å². The van der Waals surface area contributed by atoms with Crippen molar-refractivity contribution in [2.75, 3.05) is 32.2 Å². The first-order valence-corrected chi connectivity index (χ1v) is 22.6. The van der Waals surface area contributed by atoms with Crippen molar-refractivity contribution in [2.45, 2.75) is 124 Å². The van der Waals surface area contributed by atoms with E-state index in [2.05, 4.69) is 11.9 Å². The Bertz CT molecular complexity index is 2080. The predicted molar refractivity (Wildman–Crippen MR) is 213 cm³/mol. The van der Waals surface area contributed by atoms with Crippen LogP contribution in [0.25, 0.3) is 0 Å². The summed E-state index contributed by atoms with van der Waals surface area (Å²) in [5, 5.41) is 2.12. The van der Waals surface area contributed by atoms with E-state index in [1.807, 2.05) is 0 Å². The third kappa shape index (κ3) is 13.0. The number of alkyl halides is 17. The molecule has 398 valence electrons. The molecular formula is C42H46F19NO7Si. The summed E-state index contributed by atoms with van der Waals surface area (Å²) in [7, 11) is -2.83. The molecule has 1 amide bonds. The van der Waals surface area contributed by atoms with Gasteiger partial charge in [0.2, 0.25) is 0 Å². The van der Waals surface area contributed by atoms with Crippen molar-refractivity contribution in [2.24, 2.45) is 0 Å². The summed E-state index contributed by atoms with van der Waals surface area (Å²) in [6, 6.07) is 6.18. The van der Waals surface area contributed by atoms with Gasteiger partial charge in [0.25, 0.3) is 0 Å². The summed E-state index contributed by atoms with van der Waals surface area (Å²) < 4.78 is 291. The number of amides is 1. The van der Waals surface area contributed by atoms with Crippen LogP contribution in [0.1, 0.15) is 58.6 Å². The number of carbonyl (C=O) groups excluding carboxylic acids is 2. The summed E-state index contributed by atoms with van der Waals surface area (Å²) in [4.78, 5) is 24.7. The van der Waals surface area contributed by atoms with E-state index < -0.39 is 134 Å². The average molecular weight is 1070 g/mol. The molecule has 0 aliphatic heterocycles. The number of allylic oxidation sites excluding steroid dienone is 1. The Balaban J connectivity index is 2.33. The van der Waals surface area contributed by atoms with Gasteiger partial charge in [-0.2, -0.15) is 74.6 Å². The van der Waals surface area contributed by atoms with E-state index in [4.69, 9.17) is 23.4 Å². The Kier molecular flexibility index (Phi) is 20.4. The minimum Gasteiger partial charge on any atom is -0.491 e. The Morgan fingerprint density at radius 2 is 1.26 bits per heavy atom. The monoisotopic (exact) mass is 1070 g/mol. The number of benzene rings is 2. The quantitative estimate of drug-likeness (QED) is 0.0238. The standard InChI is InChI=1S/C42H46F19NO7Si/c1-7-19-67-32(63)11-9-8-10-31(65-6)33(69-34(64)62-30-17-14-27(43)23-29(30)44)26-12-15-28(16-13-26)66-20-21-68-70(24(2)3,25(4)5)22-18-35(45,46)36(47,48)37(49,50)38(51,52)39(53,54)40(55,56)41(57,58)42(59,60)61/h7,9,11-17,23-25,31,33H,1,8,10,18-22H2,2-6H3,(H,62,64)/b11-9+/t31-,33-/m1/s1. The van der Waals surface area contributed by atoms with Gasteiger partial charge in [0.15, 0.2) is 14.4 Å². The molecule has 2 aromatic carbocycles. The number of esters is 1. The summed E-state index contributed by atoms with van der Waals surface area (Å²) in [6.07, 6.45) is -9.84. The van der Waals surface area contributed by atoms with Crippen molar-refractivity contribution in [1.82, 2.24) is 0 Å². The molecule has 0 heterocycles. The van der Waals surface area contributed by atoms with Gasteiger partial charge in [0, 0.05) is 25.7 Å². The maximum absolute atomic E-state index is 15.0. The number of carbonyl (C=O) groups is 2. The molecule has 0 aliphatic carbocycles. The molecule has 8 nitrogen and oxygen atoms in total. The minimum absolute atomic E-state index is 0.0185. The molecule has 0 fully saturated rings. The van der Waals surface area contributed by atoms with Gasteiger partial charge in [-0.1, -0.05) is 58.6 Å². The molecule has 2 atom stereocenters. The number of ether oxygens (including phenoxy) is 4. The fourth-order valence-corrected chi connectivity index (χ4v) is 11.2. The van der Waals surface area contributed by atoms with Gasteiger partial charge in [-0.15, -0.1) is 0 Å². The van der Waals surface area contributed by atoms with Gasteiger partial charge in [0.1, 0.15) is 30.6 Å². The van der Waals surface area contributed by atoms with Gasteiger partial charge < -0.3 is 23.4 Å². The zero-order valence-electron chi connectivity index (χ0n) is 37.3. The minimum atomic E-state index is -8.73. The summed E-state index contributed by atoms with van der Waals surface area (Å²) >= 11 is 0. The maximum atomic E-state index is 15.0. The van der Waals surface area contributed by atoms with Crippen LogP contribution in [0.3, 0.4) is 0 Å². The second-order valence-electron chi connectivity index (χ2n) is 15.9. The summed E-state index contributed by atoms with van der Waals surface area (Å²) in [5.74, 6) is -59.8. The van der Waals surface area contributed by atoms with Gasteiger partial charge in [-0.25, -0.2) is 18.4 Å². The number of anilines is 1. The number of nitrogens with one attached hydrogen (secondary N) is 1. The summed E-state index contributed by atoms with van der Waals surface area (Å²) in [6.45, 7) is 7.39. The van der Waals surface area contributed by atoms with Crippen LogP contribution in [0.4, 0.5) is 93.9 Å². The van der Waals surface area contributed by atoms with Crippen LogP contribution in [0.2, 0.25) is 17.1 Å². The molecule has 2 rings (SSSR count). The van der Waals surface area contributed by atoms with Crippen LogP contribution in [-0.4, -0.2) is 101 Å². The summed E-state index contributed by atoms with van der Waals surface area (Å²) in [5.41, 5.74) is -2.12. The van der Waals surface area contributed by atoms with Crippen LogP contribution in [0, 0.1) is 11.6 Å². The molecule has 0 spiro atoms. The molecule has 1 N–H and O–H groups in total. The second kappa shape index (κ2) is 23.2.